The summed E-state index contributed by atoms with van der Waals surface area (Å²) in [6.45, 7) is 8.55. The molecule has 0 spiro atoms. The Bertz CT molecular complexity index is 653. The minimum atomic E-state index is 0.0795. The zero-order chi connectivity index (χ0) is 17.3. The maximum Gasteiger partial charge on any atom is 0.0966 e. The molecule has 0 bridgehead atoms. The van der Waals surface area contributed by atoms with E-state index in [4.69, 9.17) is 0 Å². The van der Waals surface area contributed by atoms with Gasteiger partial charge >= 0.3 is 0 Å². The SMILES string of the molecule is C/C(F)=C1/CCC2C3CC=C4C=C(O)[C@H](C)CC4(C)C3CCC12C. The number of hydrogen-bond acceptors (Lipinski definition) is 1. The van der Waals surface area contributed by atoms with Crippen LogP contribution in [0.2, 0.25) is 0 Å². The number of aliphatic hydroxyl groups is 1. The third-order valence-electron chi connectivity index (χ3n) is 8.26. The Hall–Kier alpha value is -1.05. The van der Waals surface area contributed by atoms with Crippen LogP contribution in [0.1, 0.15) is 66.2 Å². The molecule has 6 atom stereocenters. The third-order valence-corrected chi connectivity index (χ3v) is 8.26. The molecule has 4 aliphatic carbocycles. The van der Waals surface area contributed by atoms with Gasteiger partial charge in [0, 0.05) is 5.92 Å². The molecule has 4 aliphatic rings. The maximum absolute atomic E-state index is 14.1. The average Bonchev–Trinajstić information content (AvgIpc) is 2.86. The predicted octanol–water partition coefficient (Wildman–Crippen LogP) is 6.49. The van der Waals surface area contributed by atoms with Gasteiger partial charge < -0.3 is 5.11 Å². The van der Waals surface area contributed by atoms with Gasteiger partial charge in [-0.3, -0.25) is 0 Å². The Labute approximate surface area is 145 Å². The van der Waals surface area contributed by atoms with Crippen molar-refractivity contribution in [2.45, 2.75) is 66.2 Å². The van der Waals surface area contributed by atoms with Crippen LogP contribution in [-0.2, 0) is 0 Å². The fourth-order valence-corrected chi connectivity index (χ4v) is 7.03. The largest absolute Gasteiger partial charge is 0.512 e. The lowest BCUT2D eigenvalue weighted by atomic mass is 9.48. The van der Waals surface area contributed by atoms with Crippen LogP contribution in [0.4, 0.5) is 4.39 Å². The summed E-state index contributed by atoms with van der Waals surface area (Å²) < 4.78 is 14.1. The van der Waals surface area contributed by atoms with Crippen molar-refractivity contribution in [1.82, 2.24) is 0 Å². The third kappa shape index (κ3) is 2.04. The first-order valence-electron chi connectivity index (χ1n) is 9.74. The van der Waals surface area contributed by atoms with E-state index in [-0.39, 0.29) is 22.6 Å². The molecule has 0 aromatic rings. The van der Waals surface area contributed by atoms with E-state index in [0.717, 1.165) is 37.7 Å². The number of fused-ring (bicyclic) bond motifs is 5. The second kappa shape index (κ2) is 5.22. The minimum absolute atomic E-state index is 0.0795. The second-order valence-corrected chi connectivity index (χ2v) is 9.37. The lowest BCUT2D eigenvalue weighted by Crippen LogP contribution is -2.49. The van der Waals surface area contributed by atoms with Crippen LogP contribution < -0.4 is 0 Å². The van der Waals surface area contributed by atoms with Crippen LogP contribution in [0.25, 0.3) is 0 Å². The number of halogens is 1. The van der Waals surface area contributed by atoms with Crippen LogP contribution in [0.15, 0.2) is 34.9 Å². The van der Waals surface area contributed by atoms with Gasteiger partial charge in [0.1, 0.15) is 0 Å². The molecule has 0 aromatic heterocycles. The standard InChI is InChI=1S/C22H31FO/c1-13-12-22(4)15(11-20(13)24)5-6-16-18-8-7-17(14(2)23)21(18,3)10-9-19(16)22/h5,11,13,16,18-19,24H,6-10,12H2,1-4H3/b17-14+/t13-,16?,18?,19?,21?,22?/m1/s1. The van der Waals surface area contributed by atoms with Crippen molar-refractivity contribution in [3.05, 3.63) is 34.9 Å². The van der Waals surface area contributed by atoms with E-state index in [9.17, 15) is 9.50 Å². The van der Waals surface area contributed by atoms with Crippen LogP contribution >= 0.6 is 0 Å². The van der Waals surface area contributed by atoms with Gasteiger partial charge in [-0.15, -0.1) is 0 Å². The zero-order valence-corrected chi connectivity index (χ0v) is 15.5. The highest BCUT2D eigenvalue weighted by atomic mass is 19.1. The van der Waals surface area contributed by atoms with Crippen molar-refractivity contribution in [3.8, 4) is 0 Å². The highest BCUT2D eigenvalue weighted by Gasteiger charge is 2.57. The Morgan fingerprint density at radius 1 is 1.21 bits per heavy atom. The van der Waals surface area contributed by atoms with Gasteiger partial charge in [-0.25, -0.2) is 4.39 Å². The van der Waals surface area contributed by atoms with E-state index in [1.165, 1.54) is 12.0 Å². The van der Waals surface area contributed by atoms with Crippen LogP contribution in [0, 0.1) is 34.5 Å². The monoisotopic (exact) mass is 330 g/mol. The van der Waals surface area contributed by atoms with Gasteiger partial charge in [-0.1, -0.05) is 26.8 Å². The molecule has 0 saturated heterocycles. The van der Waals surface area contributed by atoms with Gasteiger partial charge in [-0.05, 0) is 91.3 Å². The molecule has 5 unspecified atom stereocenters. The van der Waals surface area contributed by atoms with Crippen molar-refractivity contribution >= 4 is 0 Å². The highest BCUT2D eigenvalue weighted by molar-refractivity contribution is 5.37. The fourth-order valence-electron chi connectivity index (χ4n) is 7.03. The summed E-state index contributed by atoms with van der Waals surface area (Å²) in [7, 11) is 0. The first-order chi connectivity index (χ1) is 11.3. The topological polar surface area (TPSA) is 20.2 Å². The molecule has 1 nitrogen and oxygen atoms in total. The number of rotatable bonds is 0. The van der Waals surface area contributed by atoms with Gasteiger partial charge in [0.15, 0.2) is 0 Å². The molecule has 1 N–H and O–H groups in total. The molecule has 2 saturated carbocycles. The van der Waals surface area contributed by atoms with Crippen molar-refractivity contribution in [1.29, 1.82) is 0 Å². The normalized spacial score (nSPS) is 49.5. The Balaban J connectivity index is 1.73. The van der Waals surface area contributed by atoms with E-state index < -0.39 is 0 Å². The Kier molecular flexibility index (Phi) is 3.57. The first-order valence-corrected chi connectivity index (χ1v) is 9.74. The van der Waals surface area contributed by atoms with E-state index in [1.54, 1.807) is 6.92 Å². The van der Waals surface area contributed by atoms with Gasteiger partial charge in [0.05, 0.1) is 11.6 Å². The van der Waals surface area contributed by atoms with Crippen molar-refractivity contribution < 1.29 is 9.50 Å². The van der Waals surface area contributed by atoms with E-state index in [2.05, 4.69) is 26.8 Å². The molecular weight excluding hydrogens is 299 g/mol. The quantitative estimate of drug-likeness (QED) is 0.538. The lowest BCUT2D eigenvalue weighted by molar-refractivity contribution is -0.0138. The summed E-state index contributed by atoms with van der Waals surface area (Å²) in [5.41, 5.74) is 2.74. The van der Waals surface area contributed by atoms with Gasteiger partial charge in [0.2, 0.25) is 0 Å². The molecule has 0 heterocycles. The molecule has 0 aromatic carbocycles. The second-order valence-electron chi connectivity index (χ2n) is 9.37. The fraction of sp³-hybridized carbons (Fsp3) is 0.727. The summed E-state index contributed by atoms with van der Waals surface area (Å²) in [6, 6.07) is 0. The van der Waals surface area contributed by atoms with E-state index in [0.29, 0.717) is 23.5 Å². The Morgan fingerprint density at radius 2 is 1.92 bits per heavy atom. The van der Waals surface area contributed by atoms with Gasteiger partial charge in [0.25, 0.3) is 0 Å². The molecule has 0 amide bonds. The smallest absolute Gasteiger partial charge is 0.0966 e. The predicted molar refractivity (Wildman–Crippen MR) is 96.2 cm³/mol. The molecular formula is C22H31FO. The van der Waals surface area contributed by atoms with Crippen molar-refractivity contribution in [3.63, 3.8) is 0 Å². The first kappa shape index (κ1) is 16.4. The van der Waals surface area contributed by atoms with E-state index in [1.807, 2.05) is 6.08 Å². The molecule has 0 radical (unpaired) electrons. The summed E-state index contributed by atoms with van der Waals surface area (Å²) in [6.07, 6.45) is 11.0. The molecule has 0 aliphatic heterocycles. The van der Waals surface area contributed by atoms with Crippen LogP contribution in [0.5, 0.6) is 0 Å². The van der Waals surface area contributed by atoms with Crippen LogP contribution in [0.3, 0.4) is 0 Å². The summed E-state index contributed by atoms with van der Waals surface area (Å²) in [5, 5.41) is 10.2. The maximum atomic E-state index is 14.1. The molecule has 24 heavy (non-hydrogen) atoms. The minimum Gasteiger partial charge on any atom is -0.512 e. The lowest BCUT2D eigenvalue weighted by Gasteiger charge is -2.56. The van der Waals surface area contributed by atoms with Crippen LogP contribution in [-0.4, -0.2) is 5.11 Å². The summed E-state index contributed by atoms with van der Waals surface area (Å²) >= 11 is 0. The van der Waals surface area contributed by atoms with Gasteiger partial charge in [-0.2, -0.15) is 0 Å². The molecule has 4 rings (SSSR count). The molecule has 2 fully saturated rings. The summed E-state index contributed by atoms with van der Waals surface area (Å²) in [5.74, 6) is 2.87. The zero-order valence-electron chi connectivity index (χ0n) is 15.5. The number of hydrogen-bond donors (Lipinski definition) is 1. The van der Waals surface area contributed by atoms with Crippen molar-refractivity contribution in [2.75, 3.05) is 0 Å². The van der Waals surface area contributed by atoms with Crippen molar-refractivity contribution in [2.24, 2.45) is 34.5 Å². The number of aliphatic hydroxyl groups excluding tert-OH is 1. The summed E-state index contributed by atoms with van der Waals surface area (Å²) in [4.78, 5) is 0. The molecule has 2 heteroatoms. The average molecular weight is 330 g/mol. The number of allylic oxidation sites excluding steroid dienone is 6. The highest BCUT2D eigenvalue weighted by Crippen LogP contribution is 2.66. The van der Waals surface area contributed by atoms with E-state index >= 15 is 0 Å². The Morgan fingerprint density at radius 3 is 2.62 bits per heavy atom. The molecule has 132 valence electrons.